The number of carbonyl (C=O) groups excluding carboxylic acids is 2. The molecule has 7 heteroatoms. The topological polar surface area (TPSA) is 90.0 Å². The molecule has 0 fully saturated rings. The second-order valence-corrected chi connectivity index (χ2v) is 4.80. The summed E-state index contributed by atoms with van der Waals surface area (Å²) in [5, 5.41) is 11.6. The predicted molar refractivity (Wildman–Crippen MR) is 70.8 cm³/mol. The Morgan fingerprint density at radius 1 is 1.26 bits per heavy atom. The minimum atomic E-state index is -1.33. The van der Waals surface area contributed by atoms with Crippen molar-refractivity contribution in [1.29, 1.82) is 0 Å². The van der Waals surface area contributed by atoms with E-state index in [9.17, 15) is 14.4 Å². The van der Waals surface area contributed by atoms with Crippen LogP contribution in [0, 0.1) is 0 Å². The maximum absolute atomic E-state index is 12.2. The van der Waals surface area contributed by atoms with Crippen molar-refractivity contribution < 1.29 is 19.5 Å². The summed E-state index contributed by atoms with van der Waals surface area (Å²) >= 11 is 0. The monoisotopic (exact) mass is 273 g/mol. The SMILES string of the molecule is CCCN(CC(=O)NC)C(=O)N(C)C(C)(C)C(=O)O. The Balaban J connectivity index is 4.99. The Labute approximate surface area is 113 Å². The summed E-state index contributed by atoms with van der Waals surface area (Å²) in [6.45, 7) is 5.08. The highest BCUT2D eigenvalue weighted by Gasteiger charge is 2.37. The molecule has 0 atom stereocenters. The minimum Gasteiger partial charge on any atom is -0.480 e. The molecule has 0 aliphatic carbocycles. The predicted octanol–water partition coefficient (Wildman–Crippen LogP) is 0.359. The quantitative estimate of drug-likeness (QED) is 0.731. The summed E-state index contributed by atoms with van der Waals surface area (Å²) in [7, 11) is 2.91. The summed E-state index contributed by atoms with van der Waals surface area (Å²) in [5.74, 6) is -1.39. The molecule has 19 heavy (non-hydrogen) atoms. The molecule has 0 saturated heterocycles. The van der Waals surface area contributed by atoms with Crippen molar-refractivity contribution in [2.24, 2.45) is 0 Å². The van der Waals surface area contributed by atoms with Crippen LogP contribution in [0.25, 0.3) is 0 Å². The van der Waals surface area contributed by atoms with E-state index in [1.807, 2.05) is 6.92 Å². The summed E-state index contributed by atoms with van der Waals surface area (Å²) in [6.07, 6.45) is 0.685. The van der Waals surface area contributed by atoms with Crippen molar-refractivity contribution in [3.63, 3.8) is 0 Å². The van der Waals surface area contributed by atoms with E-state index in [1.54, 1.807) is 0 Å². The van der Waals surface area contributed by atoms with Crippen LogP contribution in [0.2, 0.25) is 0 Å². The molecule has 0 aromatic heterocycles. The molecule has 0 aromatic carbocycles. The molecule has 0 bridgehead atoms. The lowest BCUT2D eigenvalue weighted by molar-refractivity contribution is -0.147. The highest BCUT2D eigenvalue weighted by molar-refractivity contribution is 5.88. The fourth-order valence-corrected chi connectivity index (χ4v) is 1.36. The van der Waals surface area contributed by atoms with Gasteiger partial charge in [0.2, 0.25) is 5.91 Å². The standard InChI is InChI=1S/C12H23N3O4/c1-6-7-15(8-9(16)13-4)11(19)14(5)12(2,3)10(17)18/h6-8H2,1-5H3,(H,13,16)(H,17,18). The first-order chi connectivity index (χ1) is 8.68. The van der Waals surface area contributed by atoms with Crippen LogP contribution in [-0.2, 0) is 9.59 Å². The summed E-state index contributed by atoms with van der Waals surface area (Å²) < 4.78 is 0. The van der Waals surface area contributed by atoms with Gasteiger partial charge in [0.1, 0.15) is 12.1 Å². The third kappa shape index (κ3) is 4.42. The number of nitrogens with zero attached hydrogens (tertiary/aromatic N) is 2. The van der Waals surface area contributed by atoms with Gasteiger partial charge in [-0.05, 0) is 20.3 Å². The number of amides is 3. The van der Waals surface area contributed by atoms with Crippen molar-refractivity contribution >= 4 is 17.9 Å². The molecule has 0 unspecified atom stereocenters. The lowest BCUT2D eigenvalue weighted by Gasteiger charge is -2.35. The molecular weight excluding hydrogens is 250 g/mol. The number of hydrogen-bond donors (Lipinski definition) is 2. The number of hydrogen-bond acceptors (Lipinski definition) is 3. The van der Waals surface area contributed by atoms with E-state index >= 15 is 0 Å². The van der Waals surface area contributed by atoms with E-state index in [1.165, 1.54) is 32.8 Å². The first-order valence-electron chi connectivity index (χ1n) is 6.15. The molecular formula is C12H23N3O4. The van der Waals surface area contributed by atoms with E-state index < -0.39 is 17.5 Å². The lowest BCUT2D eigenvalue weighted by atomic mass is 10.0. The third-order valence-corrected chi connectivity index (χ3v) is 3.03. The van der Waals surface area contributed by atoms with Crippen LogP contribution < -0.4 is 5.32 Å². The van der Waals surface area contributed by atoms with Crippen LogP contribution in [0.15, 0.2) is 0 Å². The van der Waals surface area contributed by atoms with Gasteiger partial charge in [-0.25, -0.2) is 9.59 Å². The second kappa shape index (κ2) is 6.96. The first-order valence-corrected chi connectivity index (χ1v) is 6.15. The van der Waals surface area contributed by atoms with Gasteiger partial charge in [0.25, 0.3) is 0 Å². The molecule has 0 spiro atoms. The molecule has 0 aliphatic heterocycles. The number of aliphatic carboxylic acids is 1. The molecule has 0 saturated carbocycles. The zero-order valence-electron chi connectivity index (χ0n) is 12.2. The van der Waals surface area contributed by atoms with Crippen molar-refractivity contribution in [2.45, 2.75) is 32.7 Å². The number of nitrogens with one attached hydrogen (secondary N) is 1. The van der Waals surface area contributed by atoms with Crippen LogP contribution in [0.4, 0.5) is 4.79 Å². The highest BCUT2D eigenvalue weighted by Crippen LogP contribution is 2.15. The van der Waals surface area contributed by atoms with Crippen LogP contribution in [0.3, 0.4) is 0 Å². The number of likely N-dealkylation sites (N-methyl/N-ethyl adjacent to an activating group) is 2. The molecule has 0 rings (SSSR count). The average molecular weight is 273 g/mol. The van der Waals surface area contributed by atoms with Gasteiger partial charge in [-0.3, -0.25) is 4.79 Å². The molecule has 3 amide bonds. The first kappa shape index (κ1) is 17.2. The number of carboxylic acids is 1. The summed E-state index contributed by atoms with van der Waals surface area (Å²) in [6, 6.07) is -0.474. The van der Waals surface area contributed by atoms with Gasteiger partial charge in [0.15, 0.2) is 0 Å². The average Bonchev–Trinajstić information content (AvgIpc) is 2.35. The number of rotatable bonds is 6. The zero-order chi connectivity index (χ0) is 15.2. The molecule has 2 N–H and O–H groups in total. The highest BCUT2D eigenvalue weighted by atomic mass is 16.4. The second-order valence-electron chi connectivity index (χ2n) is 4.80. The van der Waals surface area contributed by atoms with Crippen LogP contribution in [0.5, 0.6) is 0 Å². The van der Waals surface area contributed by atoms with Gasteiger partial charge in [-0.1, -0.05) is 6.92 Å². The Bertz CT molecular complexity index is 355. The smallest absolute Gasteiger partial charge is 0.329 e. The van der Waals surface area contributed by atoms with E-state index in [4.69, 9.17) is 5.11 Å². The van der Waals surface area contributed by atoms with Crippen molar-refractivity contribution in [1.82, 2.24) is 15.1 Å². The maximum atomic E-state index is 12.2. The van der Waals surface area contributed by atoms with Gasteiger partial charge >= 0.3 is 12.0 Å². The maximum Gasteiger partial charge on any atom is 0.329 e. The van der Waals surface area contributed by atoms with E-state index in [2.05, 4.69) is 5.32 Å². The van der Waals surface area contributed by atoms with Gasteiger partial charge in [0, 0.05) is 20.6 Å². The van der Waals surface area contributed by atoms with Gasteiger partial charge in [-0.2, -0.15) is 0 Å². The minimum absolute atomic E-state index is 0.0801. The number of carbonyl (C=O) groups is 3. The Hall–Kier alpha value is -1.79. The summed E-state index contributed by atoms with van der Waals surface area (Å²) in [5.41, 5.74) is -1.33. The summed E-state index contributed by atoms with van der Waals surface area (Å²) in [4.78, 5) is 37.2. The fraction of sp³-hybridized carbons (Fsp3) is 0.750. The number of carboxylic acid groups (broad SMARTS) is 1. The van der Waals surface area contributed by atoms with E-state index in [-0.39, 0.29) is 12.5 Å². The molecule has 0 aromatic rings. The lowest BCUT2D eigenvalue weighted by Crippen LogP contribution is -2.56. The molecule has 7 nitrogen and oxygen atoms in total. The van der Waals surface area contributed by atoms with Crippen LogP contribution in [0.1, 0.15) is 27.2 Å². The third-order valence-electron chi connectivity index (χ3n) is 3.03. The molecule has 0 aliphatic rings. The van der Waals surface area contributed by atoms with Crippen molar-refractivity contribution in [3.05, 3.63) is 0 Å². The van der Waals surface area contributed by atoms with Gasteiger partial charge < -0.3 is 20.2 Å². The molecule has 0 radical (unpaired) electrons. The largest absolute Gasteiger partial charge is 0.480 e. The molecule has 0 heterocycles. The Morgan fingerprint density at radius 3 is 2.16 bits per heavy atom. The fourth-order valence-electron chi connectivity index (χ4n) is 1.36. The number of urea groups is 1. The van der Waals surface area contributed by atoms with Gasteiger partial charge in [-0.15, -0.1) is 0 Å². The van der Waals surface area contributed by atoms with Crippen LogP contribution in [-0.4, -0.2) is 65.5 Å². The zero-order valence-corrected chi connectivity index (χ0v) is 12.2. The van der Waals surface area contributed by atoms with E-state index in [0.29, 0.717) is 13.0 Å². The van der Waals surface area contributed by atoms with Crippen molar-refractivity contribution in [2.75, 3.05) is 27.2 Å². The van der Waals surface area contributed by atoms with Crippen molar-refractivity contribution in [3.8, 4) is 0 Å². The Morgan fingerprint density at radius 2 is 1.79 bits per heavy atom. The van der Waals surface area contributed by atoms with Crippen LogP contribution >= 0.6 is 0 Å². The van der Waals surface area contributed by atoms with E-state index in [0.717, 1.165) is 4.90 Å². The normalized spacial score (nSPS) is 10.8. The Kier molecular flexibility index (Phi) is 6.31. The van der Waals surface area contributed by atoms with Gasteiger partial charge in [0.05, 0.1) is 0 Å². The molecule has 110 valence electrons.